The zero-order valence-corrected chi connectivity index (χ0v) is 9.58. The van der Waals surface area contributed by atoms with E-state index in [0.29, 0.717) is 0 Å². The Morgan fingerprint density at radius 2 is 1.80 bits per heavy atom. The van der Waals surface area contributed by atoms with Gasteiger partial charge in [-0.15, -0.1) is 0 Å². The molecule has 0 aliphatic rings. The summed E-state index contributed by atoms with van der Waals surface area (Å²) < 4.78 is 0. The number of rotatable bonds is 8. The molecular weight excluding hydrogens is 194 g/mol. The van der Waals surface area contributed by atoms with Crippen molar-refractivity contribution in [3.05, 3.63) is 0 Å². The fourth-order valence-electron chi connectivity index (χ4n) is 1.40. The van der Waals surface area contributed by atoms with Crippen LogP contribution in [0.5, 0.6) is 0 Å². The predicted molar refractivity (Wildman–Crippen MR) is 58.6 cm³/mol. The number of aliphatic carboxylic acids is 1. The average Bonchev–Trinajstić information content (AvgIpc) is 2.22. The number of carboxylic acids is 1. The average molecular weight is 215 g/mol. The number of carbonyl (C=O) groups is 2. The summed E-state index contributed by atoms with van der Waals surface area (Å²) >= 11 is 0. The van der Waals surface area contributed by atoms with Crippen molar-refractivity contribution >= 4 is 11.8 Å². The Morgan fingerprint density at radius 3 is 2.20 bits per heavy atom. The molecule has 1 atom stereocenters. The van der Waals surface area contributed by atoms with E-state index in [1.807, 2.05) is 0 Å². The molecule has 0 heterocycles. The molecule has 0 aromatic carbocycles. The maximum absolute atomic E-state index is 11.6. The molecule has 0 aliphatic heterocycles. The molecule has 0 radical (unpaired) electrons. The first-order valence-corrected chi connectivity index (χ1v) is 5.54. The zero-order chi connectivity index (χ0) is 11.9. The highest BCUT2D eigenvalue weighted by atomic mass is 16.4. The molecule has 4 heteroatoms. The van der Waals surface area contributed by atoms with E-state index < -0.39 is 11.5 Å². The number of Topliss-reactive ketones (excluding diaryl/α,β-unsaturated/α-hetero) is 1. The highest BCUT2D eigenvalue weighted by molar-refractivity contribution is 6.07. The van der Waals surface area contributed by atoms with Gasteiger partial charge in [0.15, 0.2) is 11.3 Å². The maximum Gasteiger partial charge on any atom is 0.331 e. The van der Waals surface area contributed by atoms with Crippen LogP contribution in [0.3, 0.4) is 0 Å². The quantitative estimate of drug-likeness (QED) is 0.477. The van der Waals surface area contributed by atoms with Gasteiger partial charge in [-0.3, -0.25) is 4.79 Å². The Labute approximate surface area is 90.8 Å². The third-order valence-corrected chi connectivity index (χ3v) is 2.69. The molecule has 0 saturated heterocycles. The topological polar surface area (TPSA) is 80.4 Å². The summed E-state index contributed by atoms with van der Waals surface area (Å²) in [6, 6.07) is 0. The summed E-state index contributed by atoms with van der Waals surface area (Å²) in [5, 5.41) is 8.86. The van der Waals surface area contributed by atoms with Crippen LogP contribution in [0.15, 0.2) is 0 Å². The van der Waals surface area contributed by atoms with Crippen molar-refractivity contribution < 1.29 is 14.7 Å². The van der Waals surface area contributed by atoms with Crippen LogP contribution in [0.25, 0.3) is 0 Å². The van der Waals surface area contributed by atoms with Gasteiger partial charge in [-0.2, -0.15) is 0 Å². The number of carboxylic acid groups (broad SMARTS) is 1. The van der Waals surface area contributed by atoms with E-state index in [4.69, 9.17) is 10.8 Å². The van der Waals surface area contributed by atoms with E-state index in [9.17, 15) is 9.59 Å². The highest BCUT2D eigenvalue weighted by Crippen LogP contribution is 2.14. The molecule has 88 valence electrons. The van der Waals surface area contributed by atoms with Gasteiger partial charge in [0.05, 0.1) is 0 Å². The number of carbonyl (C=O) groups excluding carboxylic acids is 1. The van der Waals surface area contributed by atoms with Gasteiger partial charge in [0, 0.05) is 6.42 Å². The smallest absolute Gasteiger partial charge is 0.331 e. The van der Waals surface area contributed by atoms with E-state index in [1.165, 1.54) is 0 Å². The number of hydrogen-bond donors (Lipinski definition) is 2. The van der Waals surface area contributed by atoms with Crippen molar-refractivity contribution in [2.24, 2.45) is 5.73 Å². The molecule has 1 unspecified atom stereocenters. The summed E-state index contributed by atoms with van der Waals surface area (Å²) in [4.78, 5) is 22.4. The van der Waals surface area contributed by atoms with E-state index in [1.54, 1.807) is 6.92 Å². The standard InChI is InChI=1S/C11H21NO3/c1-3-5-6-7-8-9(13)11(12,4-2)10(14)15/h3-8,12H2,1-2H3,(H,14,15). The second-order valence-electron chi connectivity index (χ2n) is 3.86. The van der Waals surface area contributed by atoms with E-state index in [2.05, 4.69) is 6.92 Å². The molecule has 4 nitrogen and oxygen atoms in total. The van der Waals surface area contributed by atoms with Gasteiger partial charge in [-0.05, 0) is 12.8 Å². The van der Waals surface area contributed by atoms with Crippen LogP contribution in [-0.4, -0.2) is 22.4 Å². The molecule has 15 heavy (non-hydrogen) atoms. The Kier molecular flexibility index (Phi) is 6.17. The lowest BCUT2D eigenvalue weighted by Gasteiger charge is -2.21. The van der Waals surface area contributed by atoms with Crippen molar-refractivity contribution in [3.63, 3.8) is 0 Å². The number of nitrogens with two attached hydrogens (primary N) is 1. The molecule has 0 aliphatic carbocycles. The van der Waals surface area contributed by atoms with Crippen LogP contribution in [-0.2, 0) is 9.59 Å². The SMILES string of the molecule is CCCCCCC(=O)C(N)(CC)C(=O)O. The number of hydrogen-bond acceptors (Lipinski definition) is 3. The molecule has 0 spiro atoms. The van der Waals surface area contributed by atoms with Crippen LogP contribution >= 0.6 is 0 Å². The van der Waals surface area contributed by atoms with Crippen molar-refractivity contribution in [1.29, 1.82) is 0 Å². The van der Waals surface area contributed by atoms with Crippen LogP contribution < -0.4 is 5.73 Å². The zero-order valence-electron chi connectivity index (χ0n) is 9.58. The lowest BCUT2D eigenvalue weighted by atomic mass is 9.89. The minimum absolute atomic E-state index is 0.148. The predicted octanol–water partition coefficient (Wildman–Crippen LogP) is 1.72. The summed E-state index contributed by atoms with van der Waals surface area (Å²) in [5.74, 6) is -1.57. The monoisotopic (exact) mass is 215 g/mol. The first-order valence-electron chi connectivity index (χ1n) is 5.54. The highest BCUT2D eigenvalue weighted by Gasteiger charge is 2.39. The first kappa shape index (κ1) is 14.1. The minimum Gasteiger partial charge on any atom is -0.480 e. The first-order chi connectivity index (χ1) is 6.99. The largest absolute Gasteiger partial charge is 0.480 e. The third-order valence-electron chi connectivity index (χ3n) is 2.69. The second-order valence-corrected chi connectivity index (χ2v) is 3.86. The fraction of sp³-hybridized carbons (Fsp3) is 0.818. The molecule has 0 aromatic heterocycles. The molecule has 0 fully saturated rings. The minimum atomic E-state index is -1.67. The molecular formula is C11H21NO3. The van der Waals surface area contributed by atoms with Crippen LogP contribution in [0, 0.1) is 0 Å². The molecule has 3 N–H and O–H groups in total. The Balaban J connectivity index is 4.11. The Hall–Kier alpha value is -0.900. The summed E-state index contributed by atoms with van der Waals surface area (Å²) in [6.45, 7) is 3.70. The van der Waals surface area contributed by atoms with Gasteiger partial charge in [-0.25, -0.2) is 4.79 Å². The normalized spacial score (nSPS) is 14.6. The summed E-state index contributed by atoms with van der Waals surface area (Å²) in [5.41, 5.74) is 3.87. The second kappa shape index (κ2) is 6.56. The van der Waals surface area contributed by atoms with Crippen molar-refractivity contribution in [2.45, 2.75) is 57.9 Å². The number of unbranched alkanes of at least 4 members (excludes halogenated alkanes) is 3. The van der Waals surface area contributed by atoms with Crippen molar-refractivity contribution in [2.75, 3.05) is 0 Å². The van der Waals surface area contributed by atoms with Crippen LogP contribution in [0.4, 0.5) is 0 Å². The lowest BCUT2D eigenvalue weighted by molar-refractivity contribution is -0.148. The summed E-state index contributed by atoms with van der Waals surface area (Å²) in [6.07, 6.45) is 4.28. The van der Waals surface area contributed by atoms with E-state index >= 15 is 0 Å². The molecule has 0 amide bonds. The van der Waals surface area contributed by atoms with Crippen LogP contribution in [0.2, 0.25) is 0 Å². The van der Waals surface area contributed by atoms with Crippen molar-refractivity contribution in [1.82, 2.24) is 0 Å². The molecule has 0 aromatic rings. The maximum atomic E-state index is 11.6. The van der Waals surface area contributed by atoms with Gasteiger partial charge >= 0.3 is 5.97 Å². The fourth-order valence-corrected chi connectivity index (χ4v) is 1.40. The molecule has 0 rings (SSSR count). The van der Waals surface area contributed by atoms with Gasteiger partial charge in [0.1, 0.15) is 0 Å². The molecule has 0 saturated carbocycles. The van der Waals surface area contributed by atoms with Gasteiger partial charge in [-0.1, -0.05) is 33.1 Å². The molecule has 0 bridgehead atoms. The van der Waals surface area contributed by atoms with E-state index in [-0.39, 0.29) is 18.6 Å². The van der Waals surface area contributed by atoms with Gasteiger partial charge in [0.25, 0.3) is 0 Å². The third kappa shape index (κ3) is 4.00. The van der Waals surface area contributed by atoms with Gasteiger partial charge in [0.2, 0.25) is 0 Å². The lowest BCUT2D eigenvalue weighted by Crippen LogP contribution is -2.54. The van der Waals surface area contributed by atoms with Crippen molar-refractivity contribution in [3.8, 4) is 0 Å². The Bertz CT molecular complexity index is 228. The summed E-state index contributed by atoms with van der Waals surface area (Å²) in [7, 11) is 0. The van der Waals surface area contributed by atoms with E-state index in [0.717, 1.165) is 25.7 Å². The Morgan fingerprint density at radius 1 is 1.20 bits per heavy atom. The number of ketones is 1. The van der Waals surface area contributed by atoms with Crippen LogP contribution in [0.1, 0.15) is 52.4 Å². The van der Waals surface area contributed by atoms with Gasteiger partial charge < -0.3 is 10.8 Å².